The lowest BCUT2D eigenvalue weighted by molar-refractivity contribution is 0.102. The summed E-state index contributed by atoms with van der Waals surface area (Å²) < 4.78 is 63.2. The Kier molecular flexibility index (Phi) is 6.29. The molecule has 1 aromatic carbocycles. The number of nitrogens with zero attached hydrogens (tertiary/aromatic N) is 2. The second-order valence-electron chi connectivity index (χ2n) is 8.12. The van der Waals surface area contributed by atoms with Gasteiger partial charge in [-0.15, -0.1) is 0 Å². The van der Waals surface area contributed by atoms with Crippen molar-refractivity contribution in [1.29, 1.82) is 0 Å². The highest BCUT2D eigenvalue weighted by Gasteiger charge is 2.49. The largest absolute Gasteiger partial charge is 0.514 e. The van der Waals surface area contributed by atoms with E-state index in [1.165, 1.54) is 12.1 Å². The van der Waals surface area contributed by atoms with E-state index in [2.05, 4.69) is 15.3 Å². The number of ether oxygens (including phenoxy) is 1. The molecule has 1 aromatic heterocycles. The molecular formula is C20H17B3F4N4O2. The van der Waals surface area contributed by atoms with Gasteiger partial charge in [0, 0.05) is 23.7 Å². The molecule has 1 aliphatic rings. The molecule has 3 N–H and O–H groups in total. The van der Waals surface area contributed by atoms with Crippen LogP contribution in [0.1, 0.15) is 36.3 Å². The van der Waals surface area contributed by atoms with Gasteiger partial charge in [0.1, 0.15) is 52.5 Å². The number of halogens is 4. The first-order valence-electron chi connectivity index (χ1n) is 9.64. The quantitative estimate of drug-likeness (QED) is 0.536. The Balaban J connectivity index is 1.91. The summed E-state index contributed by atoms with van der Waals surface area (Å²) in [6.07, 6.45) is -1.60. The third-order valence-electron chi connectivity index (χ3n) is 5.15. The Bertz CT molecular complexity index is 1110. The standard InChI is InChI=1S/C20H17B3F4N4O2/c1-18(27)7-14(25)19(2,31-17(18)28)11-5-9(6-12(24)15(11)26)30-16(32)13-4-3-10(8-29-13)33-20(21,22)23/h3-6,8,14H,7H2,1-2H3,(H2,28,31)(H,30,32)/t14-,18-,19+/m0/s1. The molecular weight excluding hydrogens is 437 g/mol. The van der Waals surface area contributed by atoms with E-state index in [0.29, 0.717) is 6.07 Å². The van der Waals surface area contributed by atoms with E-state index in [4.69, 9.17) is 34.0 Å². The lowest BCUT2D eigenvalue weighted by Crippen LogP contribution is -2.51. The fraction of sp³-hybridized carbons (Fsp3) is 0.350. The van der Waals surface area contributed by atoms with Crippen molar-refractivity contribution in [1.82, 2.24) is 4.98 Å². The van der Waals surface area contributed by atoms with E-state index < -0.39 is 58.0 Å². The van der Waals surface area contributed by atoms with Crippen molar-refractivity contribution in [2.45, 2.75) is 42.9 Å². The number of amidine groups is 1. The SMILES string of the molecule is [B]C([B])([B])Oc1ccc(C(=O)Nc2cc(F)c(F)c([C@@]3(C)N=C(N)[C@@](C)(F)C[C@@H]3F)c2)nc1. The van der Waals surface area contributed by atoms with Crippen LogP contribution in [0.15, 0.2) is 35.5 Å². The molecule has 0 unspecified atom stereocenters. The summed E-state index contributed by atoms with van der Waals surface area (Å²) >= 11 is 0. The Hall–Kier alpha value is -2.98. The van der Waals surface area contributed by atoms with E-state index in [0.717, 1.165) is 26.1 Å². The van der Waals surface area contributed by atoms with Crippen LogP contribution in [0.4, 0.5) is 23.2 Å². The van der Waals surface area contributed by atoms with Crippen LogP contribution in [0.2, 0.25) is 0 Å². The first kappa shape index (κ1) is 24.7. The number of pyridine rings is 1. The van der Waals surface area contributed by atoms with E-state index in [9.17, 15) is 22.4 Å². The van der Waals surface area contributed by atoms with Crippen LogP contribution in [0.25, 0.3) is 0 Å². The predicted molar refractivity (Wildman–Crippen MR) is 117 cm³/mol. The molecule has 1 aliphatic heterocycles. The number of carbonyl (C=O) groups excluding carboxylic acids is 1. The van der Waals surface area contributed by atoms with Gasteiger partial charge in [-0.3, -0.25) is 9.79 Å². The van der Waals surface area contributed by atoms with Gasteiger partial charge >= 0.3 is 0 Å². The molecule has 3 rings (SSSR count). The number of alkyl halides is 2. The van der Waals surface area contributed by atoms with Crippen LogP contribution < -0.4 is 15.8 Å². The Morgan fingerprint density at radius 1 is 1.27 bits per heavy atom. The number of hydrogen-bond acceptors (Lipinski definition) is 5. The first-order chi connectivity index (χ1) is 15.1. The van der Waals surface area contributed by atoms with Gasteiger partial charge in [-0.1, -0.05) is 0 Å². The number of nitrogens with two attached hydrogens (primary N) is 1. The van der Waals surface area contributed by atoms with Gasteiger partial charge in [0.15, 0.2) is 17.3 Å². The molecule has 3 atom stereocenters. The number of benzene rings is 1. The zero-order valence-corrected chi connectivity index (χ0v) is 17.7. The van der Waals surface area contributed by atoms with Crippen LogP contribution in [0.3, 0.4) is 0 Å². The Morgan fingerprint density at radius 2 is 1.94 bits per heavy atom. The molecule has 0 saturated carbocycles. The summed E-state index contributed by atoms with van der Waals surface area (Å²) in [5, 5.41) is 0.378. The number of hydrogen-bond donors (Lipinski definition) is 2. The Morgan fingerprint density at radius 3 is 2.52 bits per heavy atom. The minimum atomic E-state index is -2.24. The number of anilines is 1. The van der Waals surface area contributed by atoms with Crippen molar-refractivity contribution in [2.24, 2.45) is 10.7 Å². The summed E-state index contributed by atoms with van der Waals surface area (Å²) in [5.41, 5.74) is 0.469. The molecule has 6 radical (unpaired) electrons. The van der Waals surface area contributed by atoms with Crippen molar-refractivity contribution < 1.29 is 27.1 Å². The number of amides is 1. The van der Waals surface area contributed by atoms with Crippen molar-refractivity contribution in [2.75, 3.05) is 5.32 Å². The van der Waals surface area contributed by atoms with E-state index >= 15 is 0 Å². The van der Waals surface area contributed by atoms with Gasteiger partial charge in [0.25, 0.3) is 5.91 Å². The second-order valence-corrected chi connectivity index (χ2v) is 8.12. The minimum Gasteiger partial charge on any atom is -0.514 e. The summed E-state index contributed by atoms with van der Waals surface area (Å²) in [4.78, 5) is 20.2. The maximum atomic E-state index is 14.9. The minimum absolute atomic E-state index is 0.0729. The molecule has 0 aliphatic carbocycles. The number of aromatic nitrogens is 1. The molecule has 6 nitrogen and oxygen atoms in total. The van der Waals surface area contributed by atoms with Gasteiger partial charge in [0.2, 0.25) is 0 Å². The van der Waals surface area contributed by atoms with Crippen LogP contribution in [-0.2, 0) is 5.54 Å². The molecule has 1 amide bonds. The van der Waals surface area contributed by atoms with E-state index in [1.807, 2.05) is 0 Å². The third-order valence-corrected chi connectivity index (χ3v) is 5.15. The van der Waals surface area contributed by atoms with Crippen molar-refractivity contribution in [3.63, 3.8) is 0 Å². The zero-order chi connectivity index (χ0) is 24.8. The van der Waals surface area contributed by atoms with Gasteiger partial charge in [-0.2, -0.15) is 0 Å². The summed E-state index contributed by atoms with van der Waals surface area (Å²) in [7, 11) is 15.9. The summed E-state index contributed by atoms with van der Waals surface area (Å²) in [6, 6.07) is 4.25. The summed E-state index contributed by atoms with van der Waals surface area (Å²) in [5.74, 6) is -4.05. The average Bonchev–Trinajstić information content (AvgIpc) is 2.68. The molecule has 0 fully saturated rings. The maximum absolute atomic E-state index is 14.9. The smallest absolute Gasteiger partial charge is 0.274 e. The van der Waals surface area contributed by atoms with Crippen LogP contribution >= 0.6 is 0 Å². The van der Waals surface area contributed by atoms with Gasteiger partial charge < -0.3 is 15.8 Å². The Labute approximate surface area is 191 Å². The molecule has 2 heterocycles. The third kappa shape index (κ3) is 5.17. The monoisotopic (exact) mass is 454 g/mol. The van der Waals surface area contributed by atoms with E-state index in [1.54, 1.807) is 0 Å². The molecule has 33 heavy (non-hydrogen) atoms. The molecule has 13 heteroatoms. The lowest BCUT2D eigenvalue weighted by atomic mass is 9.52. The van der Waals surface area contributed by atoms with Gasteiger partial charge in [-0.25, -0.2) is 22.5 Å². The topological polar surface area (TPSA) is 89.6 Å². The fourth-order valence-corrected chi connectivity index (χ4v) is 3.31. The predicted octanol–water partition coefficient (Wildman–Crippen LogP) is 2.15. The normalized spacial score (nSPS) is 25.3. The summed E-state index contributed by atoms with van der Waals surface area (Å²) in [6.45, 7) is 2.21. The second kappa shape index (κ2) is 8.42. The number of nitrogens with one attached hydrogen (secondary N) is 1. The molecule has 0 saturated heterocycles. The van der Waals surface area contributed by atoms with Crippen LogP contribution in [0.5, 0.6) is 5.75 Å². The van der Waals surface area contributed by atoms with Crippen molar-refractivity contribution >= 4 is 41.0 Å². The average molecular weight is 454 g/mol. The molecule has 2 aromatic rings. The first-order valence-corrected chi connectivity index (χ1v) is 9.64. The van der Waals surface area contributed by atoms with Crippen molar-refractivity contribution in [3.05, 3.63) is 53.4 Å². The fourth-order valence-electron chi connectivity index (χ4n) is 3.31. The molecule has 0 bridgehead atoms. The maximum Gasteiger partial charge on any atom is 0.274 e. The highest BCUT2D eigenvalue weighted by Crippen LogP contribution is 2.43. The van der Waals surface area contributed by atoms with Gasteiger partial charge in [-0.05, 0) is 37.3 Å². The zero-order valence-electron chi connectivity index (χ0n) is 17.7. The highest BCUT2D eigenvalue weighted by atomic mass is 19.2. The number of rotatable bonds is 5. The van der Waals surface area contributed by atoms with Crippen LogP contribution in [-0.4, -0.2) is 57.4 Å². The highest BCUT2D eigenvalue weighted by molar-refractivity contribution is 6.58. The lowest BCUT2D eigenvalue weighted by Gasteiger charge is -2.39. The number of carbonyl (C=O) groups is 1. The molecule has 0 spiro atoms. The van der Waals surface area contributed by atoms with Gasteiger partial charge in [0.05, 0.1) is 6.20 Å². The molecule has 166 valence electrons. The van der Waals surface area contributed by atoms with Crippen molar-refractivity contribution in [3.8, 4) is 5.75 Å². The van der Waals surface area contributed by atoms with Crippen LogP contribution in [0, 0.1) is 11.6 Å². The number of aliphatic imine (C=N–C) groups is 1. The van der Waals surface area contributed by atoms with E-state index in [-0.39, 0.29) is 17.1 Å².